The number of carbonyl (C=O) groups excluding carboxylic acids is 1. The lowest BCUT2D eigenvalue weighted by Gasteiger charge is -2.23. The fourth-order valence-corrected chi connectivity index (χ4v) is 3.83. The van der Waals surface area contributed by atoms with Gasteiger partial charge in [0, 0.05) is 18.0 Å². The molecule has 0 N–H and O–H groups in total. The van der Waals surface area contributed by atoms with Gasteiger partial charge >= 0.3 is 0 Å². The van der Waals surface area contributed by atoms with Gasteiger partial charge in [0.15, 0.2) is 5.78 Å². The molecule has 0 amide bonds. The Morgan fingerprint density at radius 2 is 2.24 bits per heavy atom. The van der Waals surface area contributed by atoms with E-state index in [4.69, 9.17) is 0 Å². The summed E-state index contributed by atoms with van der Waals surface area (Å²) in [5.74, 6) is 0.0339. The second-order valence-electron chi connectivity index (χ2n) is 5.38. The highest BCUT2D eigenvalue weighted by molar-refractivity contribution is 7.17. The quantitative estimate of drug-likeness (QED) is 0.671. The Morgan fingerprint density at radius 3 is 3.19 bits per heavy atom. The summed E-state index contributed by atoms with van der Waals surface area (Å²) < 4.78 is 1.07. The lowest BCUT2D eigenvalue weighted by molar-refractivity contribution is 0.0949. The topological polar surface area (TPSA) is 42.9 Å². The number of Topliss-reactive ketones (excluding diaryl/α,β-unsaturated/α-hetero) is 1. The number of fused-ring (bicyclic) bond motifs is 2. The first-order valence-electron chi connectivity index (χ1n) is 7.14. The molecule has 1 atom stereocenters. The molecule has 1 aliphatic carbocycles. The van der Waals surface area contributed by atoms with Gasteiger partial charge in [-0.1, -0.05) is 6.07 Å². The van der Waals surface area contributed by atoms with Gasteiger partial charge in [0.1, 0.15) is 0 Å². The molecule has 21 heavy (non-hydrogen) atoms. The van der Waals surface area contributed by atoms with Crippen LogP contribution in [0.1, 0.15) is 40.4 Å². The number of rotatable bonds is 2. The molecule has 4 rings (SSSR count). The van der Waals surface area contributed by atoms with E-state index >= 15 is 0 Å². The molecule has 104 valence electrons. The Labute approximate surface area is 126 Å². The normalized spacial score (nSPS) is 17.6. The first-order valence-corrected chi connectivity index (χ1v) is 8.02. The molecule has 0 aliphatic heterocycles. The molecule has 0 spiro atoms. The van der Waals surface area contributed by atoms with Crippen molar-refractivity contribution in [2.24, 2.45) is 0 Å². The maximum Gasteiger partial charge on any atom is 0.173 e. The Bertz CT molecular complexity index is 824. The molecule has 0 saturated heterocycles. The summed E-state index contributed by atoms with van der Waals surface area (Å²) in [5, 5.41) is 2.00. The molecule has 0 saturated carbocycles. The molecular weight excluding hydrogens is 280 g/mol. The first-order chi connectivity index (χ1) is 10.3. The van der Waals surface area contributed by atoms with Crippen molar-refractivity contribution >= 4 is 27.3 Å². The standard InChI is InChI=1S/C17H14N2OS/c20-17(12-9-15-14(19-10-12)6-8-21-15)13-5-1-3-11-4-2-7-18-16(11)13/h2,4,6-10,13H,1,3,5H2. The molecule has 3 heterocycles. The average Bonchev–Trinajstić information content (AvgIpc) is 3.01. The van der Waals surface area contributed by atoms with Gasteiger partial charge in [-0.15, -0.1) is 11.3 Å². The summed E-state index contributed by atoms with van der Waals surface area (Å²) in [5.41, 5.74) is 3.83. The molecular formula is C17H14N2OS. The van der Waals surface area contributed by atoms with Gasteiger partial charge < -0.3 is 0 Å². The van der Waals surface area contributed by atoms with Gasteiger partial charge in [0.25, 0.3) is 0 Å². The monoisotopic (exact) mass is 294 g/mol. The minimum Gasteiger partial charge on any atom is -0.293 e. The van der Waals surface area contributed by atoms with Crippen LogP contribution in [0.3, 0.4) is 0 Å². The van der Waals surface area contributed by atoms with Crippen molar-refractivity contribution in [3.8, 4) is 0 Å². The number of pyridine rings is 2. The summed E-state index contributed by atoms with van der Waals surface area (Å²) in [6, 6.07) is 7.98. The van der Waals surface area contributed by atoms with Gasteiger partial charge in [-0.25, -0.2) is 0 Å². The average molecular weight is 294 g/mol. The minimum atomic E-state index is -0.117. The predicted molar refractivity (Wildman–Crippen MR) is 83.9 cm³/mol. The van der Waals surface area contributed by atoms with Crippen molar-refractivity contribution in [2.75, 3.05) is 0 Å². The lowest BCUT2D eigenvalue weighted by Crippen LogP contribution is -2.20. The largest absolute Gasteiger partial charge is 0.293 e. The number of carbonyl (C=O) groups is 1. The highest BCUT2D eigenvalue weighted by atomic mass is 32.1. The van der Waals surface area contributed by atoms with E-state index in [0.29, 0.717) is 5.56 Å². The Hall–Kier alpha value is -2.07. The SMILES string of the molecule is O=C(c1cnc2ccsc2c1)C1CCCc2cccnc21. The van der Waals surface area contributed by atoms with E-state index in [0.717, 1.165) is 35.2 Å². The van der Waals surface area contributed by atoms with Crippen molar-refractivity contribution in [3.05, 3.63) is 58.9 Å². The first kappa shape index (κ1) is 12.7. The third-order valence-electron chi connectivity index (χ3n) is 4.10. The van der Waals surface area contributed by atoms with E-state index in [1.165, 1.54) is 5.56 Å². The number of nitrogens with zero attached hydrogens (tertiary/aromatic N) is 2. The highest BCUT2D eigenvalue weighted by Gasteiger charge is 2.28. The van der Waals surface area contributed by atoms with Crippen molar-refractivity contribution in [1.82, 2.24) is 9.97 Å². The molecule has 3 aromatic rings. The van der Waals surface area contributed by atoms with Gasteiger partial charge in [0.2, 0.25) is 0 Å². The fourth-order valence-electron chi connectivity index (χ4n) is 3.05. The van der Waals surface area contributed by atoms with Crippen LogP contribution in [-0.4, -0.2) is 15.8 Å². The van der Waals surface area contributed by atoms with Gasteiger partial charge in [-0.2, -0.15) is 0 Å². The van der Waals surface area contributed by atoms with Crippen molar-refractivity contribution in [1.29, 1.82) is 0 Å². The molecule has 0 fully saturated rings. The second kappa shape index (κ2) is 5.04. The van der Waals surface area contributed by atoms with E-state index in [2.05, 4.69) is 16.0 Å². The van der Waals surface area contributed by atoms with Gasteiger partial charge in [-0.05, 0) is 48.4 Å². The fraction of sp³-hybridized carbons (Fsp3) is 0.235. The summed E-state index contributed by atoms with van der Waals surface area (Å²) >= 11 is 1.62. The van der Waals surface area contributed by atoms with Crippen LogP contribution < -0.4 is 0 Å². The summed E-state index contributed by atoms with van der Waals surface area (Å²) in [6.45, 7) is 0. The predicted octanol–water partition coefficient (Wildman–Crippen LogP) is 3.99. The molecule has 1 aliphatic rings. The molecule has 4 heteroatoms. The zero-order valence-corrected chi connectivity index (χ0v) is 12.3. The van der Waals surface area contributed by atoms with Crippen molar-refractivity contribution < 1.29 is 4.79 Å². The zero-order valence-electron chi connectivity index (χ0n) is 11.5. The minimum absolute atomic E-state index is 0.117. The highest BCUT2D eigenvalue weighted by Crippen LogP contribution is 2.33. The maximum atomic E-state index is 12.9. The van der Waals surface area contributed by atoms with Crippen molar-refractivity contribution in [3.63, 3.8) is 0 Å². The van der Waals surface area contributed by atoms with E-state index in [-0.39, 0.29) is 11.7 Å². The summed E-state index contributed by atoms with van der Waals surface area (Å²) in [4.78, 5) is 21.7. The van der Waals surface area contributed by atoms with Crippen LogP contribution in [0.2, 0.25) is 0 Å². The third-order valence-corrected chi connectivity index (χ3v) is 4.95. The lowest BCUT2D eigenvalue weighted by atomic mass is 9.82. The van der Waals surface area contributed by atoms with E-state index in [9.17, 15) is 4.79 Å². The molecule has 0 radical (unpaired) electrons. The van der Waals surface area contributed by atoms with Crippen LogP contribution in [0.25, 0.3) is 10.2 Å². The molecule has 3 nitrogen and oxygen atoms in total. The van der Waals surface area contributed by atoms with Crippen LogP contribution in [0.15, 0.2) is 42.0 Å². The van der Waals surface area contributed by atoms with Crippen molar-refractivity contribution in [2.45, 2.75) is 25.2 Å². The van der Waals surface area contributed by atoms with E-state index in [1.54, 1.807) is 23.7 Å². The maximum absolute atomic E-state index is 12.9. The number of thiophene rings is 1. The second-order valence-corrected chi connectivity index (χ2v) is 6.33. The van der Waals surface area contributed by atoms with Gasteiger partial charge in [0.05, 0.1) is 21.8 Å². The van der Waals surface area contributed by atoms with E-state index in [1.807, 2.05) is 23.6 Å². The van der Waals surface area contributed by atoms with Crippen LogP contribution in [-0.2, 0) is 6.42 Å². The van der Waals surface area contributed by atoms with E-state index < -0.39 is 0 Å². The Kier molecular flexibility index (Phi) is 3.04. The number of aromatic nitrogens is 2. The third kappa shape index (κ3) is 2.16. The molecule has 1 unspecified atom stereocenters. The molecule has 0 bridgehead atoms. The number of aryl methyl sites for hydroxylation is 1. The van der Waals surface area contributed by atoms with Crippen LogP contribution in [0.4, 0.5) is 0 Å². The summed E-state index contributed by atoms with van der Waals surface area (Å²) in [7, 11) is 0. The summed E-state index contributed by atoms with van der Waals surface area (Å²) in [6.07, 6.45) is 6.43. The van der Waals surface area contributed by atoms with Crippen LogP contribution in [0, 0.1) is 0 Å². The molecule has 3 aromatic heterocycles. The van der Waals surface area contributed by atoms with Crippen LogP contribution in [0.5, 0.6) is 0 Å². The Balaban J connectivity index is 1.75. The van der Waals surface area contributed by atoms with Gasteiger partial charge in [-0.3, -0.25) is 14.8 Å². The number of hydrogen-bond acceptors (Lipinski definition) is 4. The smallest absolute Gasteiger partial charge is 0.173 e. The number of hydrogen-bond donors (Lipinski definition) is 0. The Morgan fingerprint density at radius 1 is 1.29 bits per heavy atom. The number of ketones is 1. The zero-order chi connectivity index (χ0) is 14.2. The molecule has 0 aromatic carbocycles. The van der Waals surface area contributed by atoms with Crippen LogP contribution >= 0.6 is 11.3 Å².